The number of ketones is 1. The molecule has 0 unspecified atom stereocenters. The van der Waals surface area contributed by atoms with Crippen LogP contribution in [0.1, 0.15) is 48.4 Å². The molecule has 0 radical (unpaired) electrons. The van der Waals surface area contributed by atoms with Crippen LogP contribution in [-0.2, 0) is 4.74 Å². The highest BCUT2D eigenvalue weighted by Crippen LogP contribution is 2.18. The van der Waals surface area contributed by atoms with Crippen molar-refractivity contribution < 1.29 is 14.3 Å². The molecule has 17 heavy (non-hydrogen) atoms. The van der Waals surface area contributed by atoms with Gasteiger partial charge in [0.2, 0.25) is 0 Å². The maximum absolute atomic E-state index is 11.7. The van der Waals surface area contributed by atoms with Gasteiger partial charge < -0.3 is 10.5 Å². The Kier molecular flexibility index (Phi) is 3.56. The number of hydrogen-bond acceptors (Lipinski definition) is 4. The van der Waals surface area contributed by atoms with E-state index in [-0.39, 0.29) is 5.78 Å². The normalized spacial score (nSPS) is 11.1. The van der Waals surface area contributed by atoms with Gasteiger partial charge in [-0.25, -0.2) is 4.79 Å². The summed E-state index contributed by atoms with van der Waals surface area (Å²) in [5.74, 6) is -0.572. The Balaban J connectivity index is 2.98. The summed E-state index contributed by atoms with van der Waals surface area (Å²) in [4.78, 5) is 22.9. The molecule has 2 N–H and O–H groups in total. The lowest BCUT2D eigenvalue weighted by molar-refractivity contribution is 0.00694. The van der Waals surface area contributed by atoms with Crippen molar-refractivity contribution in [2.24, 2.45) is 0 Å². The molecule has 0 bridgehead atoms. The van der Waals surface area contributed by atoms with Gasteiger partial charge in [0, 0.05) is 11.3 Å². The van der Waals surface area contributed by atoms with E-state index < -0.39 is 11.6 Å². The molecule has 0 amide bonds. The van der Waals surface area contributed by atoms with E-state index in [0.29, 0.717) is 16.8 Å². The van der Waals surface area contributed by atoms with Gasteiger partial charge in [-0.15, -0.1) is 0 Å². The minimum Gasteiger partial charge on any atom is -0.456 e. The van der Waals surface area contributed by atoms with Crippen LogP contribution in [0.15, 0.2) is 18.2 Å². The predicted molar refractivity (Wildman–Crippen MR) is 66.0 cm³/mol. The summed E-state index contributed by atoms with van der Waals surface area (Å²) < 4.78 is 5.20. The van der Waals surface area contributed by atoms with E-state index in [1.165, 1.54) is 19.1 Å². The summed E-state index contributed by atoms with van der Waals surface area (Å²) in [5.41, 5.74) is 6.20. The van der Waals surface area contributed by atoms with Crippen molar-refractivity contribution in [2.45, 2.75) is 33.3 Å². The van der Waals surface area contributed by atoms with E-state index in [4.69, 9.17) is 10.5 Å². The highest BCUT2D eigenvalue weighted by molar-refractivity contribution is 6.01. The fourth-order valence-electron chi connectivity index (χ4n) is 1.35. The molecule has 4 heteroatoms. The zero-order valence-corrected chi connectivity index (χ0v) is 10.5. The van der Waals surface area contributed by atoms with Gasteiger partial charge in [-0.1, -0.05) is 0 Å². The molecule has 0 aromatic heterocycles. The van der Waals surface area contributed by atoms with E-state index in [1.54, 1.807) is 26.8 Å². The highest BCUT2D eigenvalue weighted by Gasteiger charge is 2.18. The number of esters is 1. The Hall–Kier alpha value is -1.84. The zero-order valence-electron chi connectivity index (χ0n) is 10.5. The molecular weight excluding hydrogens is 218 g/mol. The molecular formula is C13H17NO3. The second kappa shape index (κ2) is 4.57. The third-order valence-electron chi connectivity index (χ3n) is 2.07. The van der Waals surface area contributed by atoms with Crippen LogP contribution in [0.25, 0.3) is 0 Å². The van der Waals surface area contributed by atoms with Gasteiger partial charge in [-0.05, 0) is 45.9 Å². The topological polar surface area (TPSA) is 69.4 Å². The average molecular weight is 235 g/mol. The molecule has 0 heterocycles. The number of nitrogens with two attached hydrogens (primary N) is 1. The van der Waals surface area contributed by atoms with Gasteiger partial charge in [0.25, 0.3) is 0 Å². The standard InChI is InChI=1S/C13H17NO3/c1-8(15)10-6-5-9(7-11(10)14)12(16)17-13(2,3)4/h5-7H,14H2,1-4H3. The number of Topliss-reactive ketones (excluding diaryl/α,β-unsaturated/α-hetero) is 1. The summed E-state index contributed by atoms with van der Waals surface area (Å²) >= 11 is 0. The quantitative estimate of drug-likeness (QED) is 0.485. The maximum atomic E-state index is 11.7. The molecule has 0 saturated heterocycles. The van der Waals surface area contributed by atoms with Crippen molar-refractivity contribution in [3.63, 3.8) is 0 Å². The largest absolute Gasteiger partial charge is 0.456 e. The molecule has 0 aliphatic rings. The van der Waals surface area contributed by atoms with Gasteiger partial charge >= 0.3 is 5.97 Å². The number of rotatable bonds is 2. The molecule has 0 fully saturated rings. The molecule has 4 nitrogen and oxygen atoms in total. The first-order valence-electron chi connectivity index (χ1n) is 5.34. The lowest BCUT2D eigenvalue weighted by Gasteiger charge is -2.19. The first kappa shape index (κ1) is 13.2. The van der Waals surface area contributed by atoms with Crippen LogP contribution >= 0.6 is 0 Å². The van der Waals surface area contributed by atoms with Gasteiger partial charge in [0.1, 0.15) is 5.60 Å². The Labute approximate surface area is 101 Å². The van der Waals surface area contributed by atoms with Crippen molar-refractivity contribution in [1.29, 1.82) is 0 Å². The number of nitrogen functional groups attached to an aromatic ring is 1. The molecule has 1 rings (SSSR count). The first-order chi connectivity index (χ1) is 7.70. The molecule has 0 aliphatic heterocycles. The summed E-state index contributed by atoms with van der Waals surface area (Å²) in [6.45, 7) is 6.80. The van der Waals surface area contributed by atoms with Crippen LogP contribution in [-0.4, -0.2) is 17.4 Å². The van der Waals surface area contributed by atoms with Crippen LogP contribution in [0, 0.1) is 0 Å². The third kappa shape index (κ3) is 3.59. The smallest absolute Gasteiger partial charge is 0.338 e. The minimum absolute atomic E-state index is 0.127. The summed E-state index contributed by atoms with van der Waals surface area (Å²) in [6.07, 6.45) is 0. The number of carbonyl (C=O) groups excluding carboxylic acids is 2. The Morgan fingerprint density at radius 1 is 1.24 bits per heavy atom. The second-order valence-corrected chi connectivity index (χ2v) is 4.86. The lowest BCUT2D eigenvalue weighted by atomic mass is 10.1. The number of benzene rings is 1. The number of anilines is 1. The summed E-state index contributed by atoms with van der Waals surface area (Å²) in [7, 11) is 0. The average Bonchev–Trinajstić information content (AvgIpc) is 2.14. The predicted octanol–water partition coefficient (Wildman–Crippen LogP) is 2.43. The van der Waals surface area contributed by atoms with E-state index in [0.717, 1.165) is 0 Å². The highest BCUT2D eigenvalue weighted by atomic mass is 16.6. The molecule has 0 atom stereocenters. The summed E-state index contributed by atoms with van der Waals surface area (Å²) in [5, 5.41) is 0. The molecule has 92 valence electrons. The maximum Gasteiger partial charge on any atom is 0.338 e. The number of carbonyl (C=O) groups is 2. The molecule has 0 spiro atoms. The summed E-state index contributed by atoms with van der Waals surface area (Å²) in [6, 6.07) is 4.54. The second-order valence-electron chi connectivity index (χ2n) is 4.86. The molecule has 0 aliphatic carbocycles. The molecule has 1 aromatic carbocycles. The molecule has 0 saturated carbocycles. The van der Waals surface area contributed by atoms with E-state index in [2.05, 4.69) is 0 Å². The van der Waals surface area contributed by atoms with E-state index in [1.807, 2.05) is 0 Å². The minimum atomic E-state index is -0.551. The van der Waals surface area contributed by atoms with Crippen LogP contribution in [0.5, 0.6) is 0 Å². The number of hydrogen-bond donors (Lipinski definition) is 1. The van der Waals surface area contributed by atoms with Crippen molar-refractivity contribution in [3.05, 3.63) is 29.3 Å². The Bertz CT molecular complexity index is 458. The van der Waals surface area contributed by atoms with Crippen molar-refractivity contribution in [3.8, 4) is 0 Å². The van der Waals surface area contributed by atoms with Gasteiger partial charge in [0.15, 0.2) is 5.78 Å². The monoisotopic (exact) mass is 235 g/mol. The van der Waals surface area contributed by atoms with Crippen LogP contribution < -0.4 is 5.73 Å². The Morgan fingerprint density at radius 2 is 1.82 bits per heavy atom. The van der Waals surface area contributed by atoms with Crippen molar-refractivity contribution in [2.75, 3.05) is 5.73 Å². The lowest BCUT2D eigenvalue weighted by Crippen LogP contribution is -2.24. The van der Waals surface area contributed by atoms with Crippen molar-refractivity contribution >= 4 is 17.4 Å². The van der Waals surface area contributed by atoms with Crippen LogP contribution in [0.4, 0.5) is 5.69 Å². The van der Waals surface area contributed by atoms with E-state index in [9.17, 15) is 9.59 Å². The molecule has 1 aromatic rings. The Morgan fingerprint density at radius 3 is 2.24 bits per heavy atom. The van der Waals surface area contributed by atoms with Crippen LogP contribution in [0.3, 0.4) is 0 Å². The third-order valence-corrected chi connectivity index (χ3v) is 2.07. The van der Waals surface area contributed by atoms with Gasteiger partial charge in [-0.3, -0.25) is 4.79 Å². The van der Waals surface area contributed by atoms with E-state index >= 15 is 0 Å². The fourth-order valence-corrected chi connectivity index (χ4v) is 1.35. The van der Waals surface area contributed by atoms with Crippen molar-refractivity contribution in [1.82, 2.24) is 0 Å². The van der Waals surface area contributed by atoms with Crippen LogP contribution in [0.2, 0.25) is 0 Å². The fraction of sp³-hybridized carbons (Fsp3) is 0.385. The zero-order chi connectivity index (χ0) is 13.2. The van der Waals surface area contributed by atoms with Gasteiger partial charge in [0.05, 0.1) is 5.56 Å². The SMILES string of the molecule is CC(=O)c1ccc(C(=O)OC(C)(C)C)cc1N. The first-order valence-corrected chi connectivity index (χ1v) is 5.34. The van der Waals surface area contributed by atoms with Gasteiger partial charge in [-0.2, -0.15) is 0 Å². The number of ether oxygens (including phenoxy) is 1.